The lowest BCUT2D eigenvalue weighted by Crippen LogP contribution is -2.21. The van der Waals surface area contributed by atoms with Crippen molar-refractivity contribution in [3.8, 4) is 5.75 Å². The lowest BCUT2D eigenvalue weighted by Gasteiger charge is -2.12. The van der Waals surface area contributed by atoms with Gasteiger partial charge in [0.05, 0.1) is 12.8 Å². The van der Waals surface area contributed by atoms with Gasteiger partial charge in [0.15, 0.2) is 0 Å². The van der Waals surface area contributed by atoms with Crippen molar-refractivity contribution >= 4 is 28.8 Å². The van der Waals surface area contributed by atoms with Crippen molar-refractivity contribution in [2.75, 3.05) is 12.4 Å². The van der Waals surface area contributed by atoms with E-state index < -0.39 is 18.5 Å². The monoisotopic (exact) mass is 292 g/mol. The highest BCUT2D eigenvalue weighted by Gasteiger charge is 2.31. The molecular weight excluding hydrogens is 281 g/mol. The second kappa shape index (κ2) is 5.87. The van der Waals surface area contributed by atoms with E-state index in [9.17, 15) is 18.0 Å². The fourth-order valence-electron chi connectivity index (χ4n) is 1.32. The molecule has 0 spiro atoms. The zero-order valence-corrected chi connectivity index (χ0v) is 10.7. The highest BCUT2D eigenvalue weighted by atomic mass is 32.1. The highest BCUT2D eigenvalue weighted by Crippen LogP contribution is 2.27. The average molecular weight is 292 g/mol. The van der Waals surface area contributed by atoms with Crippen LogP contribution in [0.15, 0.2) is 18.2 Å². The van der Waals surface area contributed by atoms with E-state index in [1.165, 1.54) is 25.3 Å². The summed E-state index contributed by atoms with van der Waals surface area (Å²) < 4.78 is 41.1. The third-order valence-corrected chi connectivity index (χ3v) is 2.36. The SMILES string of the molecule is COc1cc(C(N)=S)ccc1NC(=O)CC(F)(F)F. The Morgan fingerprint density at radius 2 is 2.11 bits per heavy atom. The van der Waals surface area contributed by atoms with Crippen LogP contribution in [-0.2, 0) is 4.79 Å². The molecule has 0 atom stereocenters. The number of amides is 1. The lowest BCUT2D eigenvalue weighted by atomic mass is 10.2. The van der Waals surface area contributed by atoms with Gasteiger partial charge in [-0.2, -0.15) is 13.2 Å². The predicted molar refractivity (Wildman–Crippen MR) is 68.2 cm³/mol. The summed E-state index contributed by atoms with van der Waals surface area (Å²) in [5.41, 5.74) is 6.02. The van der Waals surface area contributed by atoms with Crippen molar-refractivity contribution in [1.29, 1.82) is 0 Å². The van der Waals surface area contributed by atoms with Gasteiger partial charge in [0, 0.05) is 5.56 Å². The fourth-order valence-corrected chi connectivity index (χ4v) is 1.45. The van der Waals surface area contributed by atoms with Gasteiger partial charge in [0.25, 0.3) is 0 Å². The van der Waals surface area contributed by atoms with E-state index in [0.29, 0.717) is 5.56 Å². The first-order chi connectivity index (χ1) is 8.73. The van der Waals surface area contributed by atoms with Crippen LogP contribution in [0.25, 0.3) is 0 Å². The van der Waals surface area contributed by atoms with Gasteiger partial charge in [-0.3, -0.25) is 4.79 Å². The number of hydrogen-bond donors (Lipinski definition) is 2. The van der Waals surface area contributed by atoms with Crippen molar-refractivity contribution < 1.29 is 22.7 Å². The van der Waals surface area contributed by atoms with Gasteiger partial charge in [-0.1, -0.05) is 12.2 Å². The molecule has 1 aromatic rings. The molecule has 0 unspecified atom stereocenters. The molecule has 4 nitrogen and oxygen atoms in total. The Balaban J connectivity index is 2.89. The summed E-state index contributed by atoms with van der Waals surface area (Å²) in [7, 11) is 1.32. The molecule has 3 N–H and O–H groups in total. The Hall–Kier alpha value is -1.83. The standard InChI is InChI=1S/C11H11F3N2O2S/c1-18-8-4-6(10(15)19)2-3-7(8)16-9(17)5-11(12,13)14/h2-4H,5H2,1H3,(H2,15,19)(H,16,17). The fraction of sp³-hybridized carbons (Fsp3) is 0.273. The number of ether oxygens (including phenoxy) is 1. The largest absolute Gasteiger partial charge is 0.495 e. The molecule has 104 valence electrons. The van der Waals surface area contributed by atoms with Gasteiger partial charge in [0.2, 0.25) is 5.91 Å². The minimum Gasteiger partial charge on any atom is -0.495 e. The minimum atomic E-state index is -4.56. The summed E-state index contributed by atoms with van der Waals surface area (Å²) in [6, 6.07) is 4.29. The Kier molecular flexibility index (Phi) is 4.71. The van der Waals surface area contributed by atoms with Crippen LogP contribution in [0.1, 0.15) is 12.0 Å². The third kappa shape index (κ3) is 4.74. The first kappa shape index (κ1) is 15.2. The Morgan fingerprint density at radius 3 is 2.58 bits per heavy atom. The van der Waals surface area contributed by atoms with Gasteiger partial charge in [0.1, 0.15) is 17.2 Å². The van der Waals surface area contributed by atoms with Crippen molar-refractivity contribution in [2.24, 2.45) is 5.73 Å². The smallest absolute Gasteiger partial charge is 0.397 e. The highest BCUT2D eigenvalue weighted by molar-refractivity contribution is 7.80. The summed E-state index contributed by atoms with van der Waals surface area (Å²) in [4.78, 5) is 11.3. The number of nitrogens with one attached hydrogen (secondary N) is 1. The molecule has 0 saturated heterocycles. The van der Waals surface area contributed by atoms with Crippen LogP contribution in [0.5, 0.6) is 5.75 Å². The molecule has 1 rings (SSSR count). The molecular formula is C11H11F3N2O2S. The number of rotatable bonds is 4. The van der Waals surface area contributed by atoms with Gasteiger partial charge >= 0.3 is 6.18 Å². The molecule has 0 aliphatic carbocycles. The Labute approximate surface area is 112 Å². The van der Waals surface area contributed by atoms with Gasteiger partial charge in [-0.15, -0.1) is 0 Å². The number of alkyl halides is 3. The summed E-state index contributed by atoms with van der Waals surface area (Å²) >= 11 is 4.76. The van der Waals surface area contributed by atoms with Crippen LogP contribution in [0, 0.1) is 0 Å². The second-order valence-corrected chi connectivity index (χ2v) is 4.06. The quantitative estimate of drug-likeness (QED) is 0.835. The van der Waals surface area contributed by atoms with E-state index in [4.69, 9.17) is 22.7 Å². The maximum atomic E-state index is 12.0. The normalized spacial score (nSPS) is 10.9. The first-order valence-electron chi connectivity index (χ1n) is 5.07. The van der Waals surface area contributed by atoms with E-state index in [1.54, 1.807) is 0 Å². The van der Waals surface area contributed by atoms with Crippen LogP contribution in [-0.4, -0.2) is 24.2 Å². The topological polar surface area (TPSA) is 64.3 Å². The van der Waals surface area contributed by atoms with Crippen LogP contribution in [0.3, 0.4) is 0 Å². The number of thiocarbonyl (C=S) groups is 1. The molecule has 0 aliphatic rings. The lowest BCUT2D eigenvalue weighted by molar-refractivity contribution is -0.150. The summed E-state index contributed by atoms with van der Waals surface area (Å²) in [6.45, 7) is 0. The van der Waals surface area contributed by atoms with Crippen molar-refractivity contribution in [3.05, 3.63) is 23.8 Å². The Bertz CT molecular complexity index is 503. The maximum absolute atomic E-state index is 12.0. The minimum absolute atomic E-state index is 0.117. The van der Waals surface area contributed by atoms with Gasteiger partial charge in [-0.05, 0) is 18.2 Å². The zero-order chi connectivity index (χ0) is 14.6. The number of benzene rings is 1. The van der Waals surface area contributed by atoms with E-state index in [0.717, 1.165) is 0 Å². The predicted octanol–water partition coefficient (Wildman–Crippen LogP) is 2.22. The molecule has 19 heavy (non-hydrogen) atoms. The molecule has 8 heteroatoms. The number of nitrogens with two attached hydrogens (primary N) is 1. The molecule has 0 bridgehead atoms. The number of hydrogen-bond acceptors (Lipinski definition) is 3. The third-order valence-electron chi connectivity index (χ3n) is 2.12. The van der Waals surface area contributed by atoms with Crippen molar-refractivity contribution in [1.82, 2.24) is 0 Å². The molecule has 0 aromatic heterocycles. The van der Waals surface area contributed by atoms with Crippen LogP contribution in [0.4, 0.5) is 18.9 Å². The number of carbonyl (C=O) groups is 1. The van der Waals surface area contributed by atoms with Gasteiger partial charge < -0.3 is 15.8 Å². The summed E-state index contributed by atoms with van der Waals surface area (Å²) in [5.74, 6) is -0.991. The average Bonchev–Trinajstić information content (AvgIpc) is 2.26. The number of halogens is 3. The summed E-state index contributed by atoms with van der Waals surface area (Å²) in [5, 5.41) is 2.12. The van der Waals surface area contributed by atoms with E-state index in [2.05, 4.69) is 5.32 Å². The van der Waals surface area contributed by atoms with E-state index >= 15 is 0 Å². The number of carbonyl (C=O) groups excluding carboxylic acids is 1. The molecule has 0 aliphatic heterocycles. The number of anilines is 1. The molecule has 1 amide bonds. The molecule has 1 aromatic carbocycles. The van der Waals surface area contributed by atoms with Gasteiger partial charge in [-0.25, -0.2) is 0 Å². The summed E-state index contributed by atoms with van der Waals surface area (Å²) in [6.07, 6.45) is -6.12. The molecule has 0 heterocycles. The Morgan fingerprint density at radius 1 is 1.47 bits per heavy atom. The number of methoxy groups -OCH3 is 1. The van der Waals surface area contributed by atoms with Crippen molar-refractivity contribution in [2.45, 2.75) is 12.6 Å². The zero-order valence-electron chi connectivity index (χ0n) is 9.88. The van der Waals surface area contributed by atoms with Crippen LogP contribution >= 0.6 is 12.2 Å². The van der Waals surface area contributed by atoms with Crippen LogP contribution in [0.2, 0.25) is 0 Å². The second-order valence-electron chi connectivity index (χ2n) is 3.62. The molecule has 0 saturated carbocycles. The van der Waals surface area contributed by atoms with Crippen molar-refractivity contribution in [3.63, 3.8) is 0 Å². The van der Waals surface area contributed by atoms with E-state index in [-0.39, 0.29) is 16.4 Å². The molecule has 0 fully saturated rings. The molecule has 0 radical (unpaired) electrons. The van der Waals surface area contributed by atoms with E-state index in [1.807, 2.05) is 0 Å². The first-order valence-corrected chi connectivity index (χ1v) is 5.48. The maximum Gasteiger partial charge on any atom is 0.397 e. The van der Waals surface area contributed by atoms with Crippen LogP contribution < -0.4 is 15.8 Å².